The van der Waals surface area contributed by atoms with E-state index in [0.717, 1.165) is 5.75 Å². The van der Waals surface area contributed by atoms with Crippen LogP contribution in [0.1, 0.15) is 0 Å². The van der Waals surface area contributed by atoms with Crippen LogP contribution in [0.4, 0.5) is 23.0 Å². The number of nitrogens with zero attached hydrogens (tertiary/aromatic N) is 4. The first-order valence-corrected chi connectivity index (χ1v) is 5.25. The molecule has 0 atom stereocenters. The topological polar surface area (TPSA) is 104 Å². The van der Waals surface area contributed by atoms with E-state index < -0.39 is 0 Å². The summed E-state index contributed by atoms with van der Waals surface area (Å²) >= 11 is 0. The van der Waals surface area contributed by atoms with Crippen molar-refractivity contribution in [3.63, 3.8) is 0 Å². The van der Waals surface area contributed by atoms with Crippen molar-refractivity contribution < 1.29 is 4.74 Å². The average molecular weight is 246 g/mol. The summed E-state index contributed by atoms with van der Waals surface area (Å²) in [6.45, 7) is 0. The van der Waals surface area contributed by atoms with E-state index in [9.17, 15) is 0 Å². The van der Waals surface area contributed by atoms with E-state index >= 15 is 0 Å². The minimum Gasteiger partial charge on any atom is -0.497 e. The van der Waals surface area contributed by atoms with Crippen LogP contribution in [0.15, 0.2) is 34.5 Å². The fourth-order valence-electron chi connectivity index (χ4n) is 1.41. The molecule has 0 bridgehead atoms. The summed E-state index contributed by atoms with van der Waals surface area (Å²) in [5.74, 6) is 1.39. The van der Waals surface area contributed by atoms with Crippen LogP contribution in [0.3, 0.4) is 0 Å². The van der Waals surface area contributed by atoms with E-state index in [2.05, 4.69) is 15.3 Å². The molecule has 0 unspecified atom stereocenters. The average Bonchev–Trinajstić information content (AvgIpc) is 2.62. The van der Waals surface area contributed by atoms with E-state index in [-0.39, 0.29) is 5.82 Å². The van der Waals surface area contributed by atoms with Gasteiger partial charge in [0.2, 0.25) is 0 Å². The Balaban J connectivity index is 2.24. The van der Waals surface area contributed by atoms with E-state index in [1.54, 1.807) is 38.4 Å². The van der Waals surface area contributed by atoms with Crippen molar-refractivity contribution in [1.29, 1.82) is 0 Å². The summed E-state index contributed by atoms with van der Waals surface area (Å²) in [6.07, 6.45) is 0. The second-order valence-electron chi connectivity index (χ2n) is 3.64. The van der Waals surface area contributed by atoms with Crippen molar-refractivity contribution in [3.05, 3.63) is 24.3 Å². The Kier molecular flexibility index (Phi) is 3.13. The van der Waals surface area contributed by atoms with Gasteiger partial charge in [-0.05, 0) is 24.3 Å². The number of anilines is 2. The van der Waals surface area contributed by atoms with Crippen LogP contribution in [0, 0.1) is 0 Å². The van der Waals surface area contributed by atoms with Crippen LogP contribution in [0.25, 0.3) is 0 Å². The van der Waals surface area contributed by atoms with Gasteiger partial charge < -0.3 is 16.2 Å². The smallest absolute Gasteiger partial charge is 0.175 e. The molecule has 1 aromatic heterocycles. The van der Waals surface area contributed by atoms with Crippen LogP contribution in [0.5, 0.6) is 5.75 Å². The molecule has 7 nitrogen and oxygen atoms in total. The van der Waals surface area contributed by atoms with Gasteiger partial charge in [0.05, 0.1) is 12.8 Å². The highest BCUT2D eigenvalue weighted by molar-refractivity contribution is 5.71. The molecular weight excluding hydrogens is 232 g/mol. The Morgan fingerprint density at radius 3 is 2.33 bits per heavy atom. The van der Waals surface area contributed by atoms with Crippen LogP contribution < -0.4 is 16.2 Å². The monoisotopic (exact) mass is 246 g/mol. The number of rotatable bonds is 3. The van der Waals surface area contributed by atoms with Crippen molar-refractivity contribution in [1.82, 2.24) is 9.78 Å². The Hall–Kier alpha value is -2.57. The van der Waals surface area contributed by atoms with Crippen molar-refractivity contribution in [2.24, 2.45) is 17.3 Å². The zero-order chi connectivity index (χ0) is 13.1. The largest absolute Gasteiger partial charge is 0.497 e. The SMILES string of the molecule is COc1ccc(N=Nc2c(N)nn(C)c2N)cc1. The lowest BCUT2D eigenvalue weighted by Gasteiger charge is -1.98. The van der Waals surface area contributed by atoms with Gasteiger partial charge in [-0.3, -0.25) is 0 Å². The van der Waals surface area contributed by atoms with Gasteiger partial charge >= 0.3 is 0 Å². The first kappa shape index (κ1) is 11.9. The van der Waals surface area contributed by atoms with Crippen molar-refractivity contribution in [2.75, 3.05) is 18.6 Å². The zero-order valence-corrected chi connectivity index (χ0v) is 10.2. The first-order chi connectivity index (χ1) is 8.61. The third-order valence-corrected chi connectivity index (χ3v) is 2.43. The number of nitrogen functional groups attached to an aromatic ring is 2. The summed E-state index contributed by atoms with van der Waals surface area (Å²) in [5, 5.41) is 12.0. The van der Waals surface area contributed by atoms with Gasteiger partial charge in [0, 0.05) is 7.05 Å². The Bertz CT molecular complexity index is 572. The maximum atomic E-state index is 5.76. The predicted molar refractivity (Wildman–Crippen MR) is 69.2 cm³/mol. The molecule has 2 aromatic rings. The molecule has 0 radical (unpaired) electrons. The van der Waals surface area contributed by atoms with Crippen LogP contribution in [0.2, 0.25) is 0 Å². The third kappa shape index (κ3) is 2.24. The quantitative estimate of drug-likeness (QED) is 0.808. The second-order valence-corrected chi connectivity index (χ2v) is 3.64. The number of ether oxygens (including phenoxy) is 1. The number of aryl methyl sites for hydroxylation is 1. The van der Waals surface area contributed by atoms with Gasteiger partial charge in [0.15, 0.2) is 17.3 Å². The number of nitrogens with two attached hydrogens (primary N) is 2. The molecule has 0 spiro atoms. The van der Waals surface area contributed by atoms with E-state index in [1.165, 1.54) is 4.68 Å². The number of hydrogen-bond donors (Lipinski definition) is 2. The predicted octanol–water partition coefficient (Wildman–Crippen LogP) is 2.01. The summed E-state index contributed by atoms with van der Waals surface area (Å²) in [7, 11) is 3.30. The number of benzene rings is 1. The fraction of sp³-hybridized carbons (Fsp3) is 0.182. The molecule has 18 heavy (non-hydrogen) atoms. The molecule has 0 aliphatic carbocycles. The molecule has 0 aliphatic rings. The van der Waals surface area contributed by atoms with Gasteiger partial charge in [0.25, 0.3) is 0 Å². The summed E-state index contributed by atoms with van der Waals surface area (Å²) in [5.41, 5.74) is 12.5. The molecular formula is C11H14N6O. The Morgan fingerprint density at radius 1 is 1.17 bits per heavy atom. The molecule has 0 saturated heterocycles. The van der Waals surface area contributed by atoms with Crippen LogP contribution in [-0.4, -0.2) is 16.9 Å². The number of aromatic nitrogens is 2. The number of azo groups is 1. The highest BCUT2D eigenvalue weighted by Crippen LogP contribution is 2.30. The first-order valence-electron chi connectivity index (χ1n) is 5.25. The molecule has 1 aromatic carbocycles. The lowest BCUT2D eigenvalue weighted by molar-refractivity contribution is 0.415. The normalized spacial score (nSPS) is 11.0. The second kappa shape index (κ2) is 4.74. The van der Waals surface area contributed by atoms with Crippen molar-refractivity contribution in [2.45, 2.75) is 0 Å². The van der Waals surface area contributed by atoms with Crippen LogP contribution >= 0.6 is 0 Å². The highest BCUT2D eigenvalue weighted by Gasteiger charge is 2.09. The highest BCUT2D eigenvalue weighted by atomic mass is 16.5. The lowest BCUT2D eigenvalue weighted by atomic mass is 10.3. The standard InChI is InChI=1S/C11H14N6O/c1-17-11(13)9(10(12)16-17)15-14-7-3-5-8(18-2)6-4-7/h3-6H,13H2,1-2H3,(H2,12,16). The molecule has 0 fully saturated rings. The maximum absolute atomic E-state index is 5.76. The summed E-state index contributed by atoms with van der Waals surface area (Å²) in [6, 6.07) is 7.16. The zero-order valence-electron chi connectivity index (χ0n) is 10.2. The van der Waals surface area contributed by atoms with Gasteiger partial charge in [-0.25, -0.2) is 4.68 Å². The van der Waals surface area contributed by atoms with Crippen molar-refractivity contribution in [3.8, 4) is 5.75 Å². The molecule has 0 saturated carbocycles. The van der Waals surface area contributed by atoms with Gasteiger partial charge in [-0.2, -0.15) is 10.2 Å². The van der Waals surface area contributed by atoms with Gasteiger partial charge in [-0.1, -0.05) is 0 Å². The Labute approximate surface area is 104 Å². The fourth-order valence-corrected chi connectivity index (χ4v) is 1.41. The van der Waals surface area contributed by atoms with Gasteiger partial charge in [0.1, 0.15) is 5.75 Å². The molecule has 0 amide bonds. The minimum atomic E-state index is 0.257. The van der Waals surface area contributed by atoms with E-state index in [4.69, 9.17) is 16.2 Å². The molecule has 0 aliphatic heterocycles. The van der Waals surface area contributed by atoms with E-state index in [1.807, 2.05) is 0 Å². The summed E-state index contributed by atoms with van der Waals surface area (Å²) in [4.78, 5) is 0. The van der Waals surface area contributed by atoms with Gasteiger partial charge in [-0.15, -0.1) is 5.11 Å². The minimum absolute atomic E-state index is 0.257. The molecule has 4 N–H and O–H groups in total. The molecule has 2 rings (SSSR count). The van der Waals surface area contributed by atoms with E-state index in [0.29, 0.717) is 17.2 Å². The molecule has 94 valence electrons. The van der Waals surface area contributed by atoms with Crippen LogP contribution in [-0.2, 0) is 7.05 Å². The number of methoxy groups -OCH3 is 1. The van der Waals surface area contributed by atoms with Crippen molar-refractivity contribution >= 4 is 23.0 Å². The molecule has 7 heteroatoms. The molecule has 1 heterocycles. The third-order valence-electron chi connectivity index (χ3n) is 2.43. The maximum Gasteiger partial charge on any atom is 0.175 e. The summed E-state index contributed by atoms with van der Waals surface area (Å²) < 4.78 is 6.50. The lowest BCUT2D eigenvalue weighted by Crippen LogP contribution is -1.97. The number of hydrogen-bond acceptors (Lipinski definition) is 6. The Morgan fingerprint density at radius 2 is 1.83 bits per heavy atom.